The number of nitrogens with zero attached hydrogens (tertiary/aromatic N) is 1. The molecule has 6 rings (SSSR count). The number of nitrogens with one attached hydrogen (secondary N) is 1. The monoisotopic (exact) mass is 638 g/mol. The quantitative estimate of drug-likeness (QED) is 0.205. The fourth-order valence-electron chi connectivity index (χ4n) is 6.20. The van der Waals surface area contributed by atoms with Crippen LogP contribution in [0.1, 0.15) is 49.0 Å². The number of likely N-dealkylation sites (N-methyl/N-ethyl adjacent to an activating group) is 1. The molecule has 0 saturated carbocycles. The van der Waals surface area contributed by atoms with Gasteiger partial charge in [0.25, 0.3) is 5.91 Å². The molecular formula is C37H38N2O8. The maximum Gasteiger partial charge on any atom is 0.337 e. The van der Waals surface area contributed by atoms with Gasteiger partial charge in [-0.05, 0) is 91.0 Å². The average Bonchev–Trinajstić information content (AvgIpc) is 3.10. The summed E-state index contributed by atoms with van der Waals surface area (Å²) in [6, 6.07) is 20.3. The number of fused-ring (bicyclic) bond motifs is 2. The number of esters is 1. The summed E-state index contributed by atoms with van der Waals surface area (Å²) in [5.41, 5.74) is 5.06. The number of methoxy groups -OCH3 is 4. The summed E-state index contributed by atoms with van der Waals surface area (Å²) in [7, 11) is 7.94. The van der Waals surface area contributed by atoms with Crippen molar-refractivity contribution in [1.29, 1.82) is 0 Å². The summed E-state index contributed by atoms with van der Waals surface area (Å²) >= 11 is 0. The normalized spacial score (nSPS) is 15.3. The summed E-state index contributed by atoms with van der Waals surface area (Å²) in [4.78, 5) is 26.7. The molecule has 0 saturated heterocycles. The van der Waals surface area contributed by atoms with E-state index in [0.29, 0.717) is 64.3 Å². The van der Waals surface area contributed by atoms with Gasteiger partial charge in [0.15, 0.2) is 23.0 Å². The summed E-state index contributed by atoms with van der Waals surface area (Å²) in [5, 5.41) is 3.66. The fraction of sp³-hybridized carbons (Fsp3) is 0.297. The number of hydrogen-bond donors (Lipinski definition) is 1. The van der Waals surface area contributed by atoms with Crippen molar-refractivity contribution < 1.29 is 38.0 Å². The van der Waals surface area contributed by atoms with Crippen LogP contribution in [0.2, 0.25) is 0 Å². The predicted octanol–water partition coefficient (Wildman–Crippen LogP) is 6.14. The van der Waals surface area contributed by atoms with Crippen molar-refractivity contribution in [3.05, 3.63) is 100 Å². The Hall–Kier alpha value is -5.22. The molecule has 0 aromatic heterocycles. The second-order valence-corrected chi connectivity index (χ2v) is 11.5. The van der Waals surface area contributed by atoms with Crippen LogP contribution in [-0.4, -0.2) is 65.4 Å². The van der Waals surface area contributed by atoms with Crippen LogP contribution < -0.4 is 29.0 Å². The lowest BCUT2D eigenvalue weighted by Crippen LogP contribution is -2.34. The van der Waals surface area contributed by atoms with E-state index >= 15 is 0 Å². The SMILES string of the molecule is COC(=O)c1cccc(Oc2ccc(C[C@@H]3NCCc4cc(OC)c(OC)c(Oc5cc6c(cc5OC)CCN(C)C6=O)c43)cc2)c1. The molecule has 2 aliphatic rings. The Balaban J connectivity index is 1.32. The molecule has 0 unspecified atom stereocenters. The summed E-state index contributed by atoms with van der Waals surface area (Å²) in [5.74, 6) is 3.20. The highest BCUT2D eigenvalue weighted by molar-refractivity contribution is 5.97. The molecule has 2 heterocycles. The zero-order valence-corrected chi connectivity index (χ0v) is 27.2. The van der Waals surface area contributed by atoms with E-state index < -0.39 is 5.97 Å². The molecule has 0 radical (unpaired) electrons. The Morgan fingerprint density at radius 2 is 1.57 bits per heavy atom. The first-order chi connectivity index (χ1) is 22.8. The second-order valence-electron chi connectivity index (χ2n) is 11.5. The highest BCUT2D eigenvalue weighted by Crippen LogP contribution is 2.50. The van der Waals surface area contributed by atoms with E-state index in [1.54, 1.807) is 63.6 Å². The Kier molecular flexibility index (Phi) is 9.22. The van der Waals surface area contributed by atoms with E-state index in [2.05, 4.69) is 5.32 Å². The van der Waals surface area contributed by atoms with Crippen molar-refractivity contribution in [3.8, 4) is 40.2 Å². The lowest BCUT2D eigenvalue weighted by molar-refractivity contribution is 0.0600. The first-order valence-electron chi connectivity index (χ1n) is 15.4. The third-order valence-electron chi connectivity index (χ3n) is 8.63. The molecule has 244 valence electrons. The average molecular weight is 639 g/mol. The molecule has 0 aliphatic carbocycles. The smallest absolute Gasteiger partial charge is 0.337 e. The molecular weight excluding hydrogens is 600 g/mol. The maximum atomic E-state index is 13.1. The topological polar surface area (TPSA) is 105 Å². The van der Waals surface area contributed by atoms with Crippen LogP contribution in [0.15, 0.2) is 66.7 Å². The van der Waals surface area contributed by atoms with Gasteiger partial charge in [-0.3, -0.25) is 4.79 Å². The number of carbonyl (C=O) groups is 2. The molecule has 1 amide bonds. The van der Waals surface area contributed by atoms with Gasteiger partial charge in [0, 0.05) is 30.8 Å². The molecule has 0 fully saturated rings. The number of hydrogen-bond acceptors (Lipinski definition) is 9. The van der Waals surface area contributed by atoms with Crippen LogP contribution in [0.3, 0.4) is 0 Å². The van der Waals surface area contributed by atoms with Gasteiger partial charge in [-0.25, -0.2) is 4.79 Å². The standard InChI is InChI=1S/C37H38N2O8/c1-39-16-14-23-19-30(42-2)31(21-28(23)36(39)40)47-35-33-24(20-32(43-3)34(35)44-4)13-15-38-29(33)17-22-9-11-26(12-10-22)46-27-8-6-7-25(18-27)37(41)45-5/h6-12,18-21,29,38H,13-17H2,1-5H3/t29-/m0/s1. The Morgan fingerprint density at radius 3 is 2.30 bits per heavy atom. The highest BCUT2D eigenvalue weighted by atomic mass is 16.5. The fourth-order valence-corrected chi connectivity index (χ4v) is 6.20. The third kappa shape index (κ3) is 6.41. The van der Waals surface area contributed by atoms with E-state index in [1.165, 1.54) is 7.11 Å². The predicted molar refractivity (Wildman–Crippen MR) is 176 cm³/mol. The van der Waals surface area contributed by atoms with Gasteiger partial charge in [-0.2, -0.15) is 0 Å². The molecule has 47 heavy (non-hydrogen) atoms. The van der Waals surface area contributed by atoms with E-state index in [1.807, 2.05) is 36.4 Å². The first kappa shape index (κ1) is 31.7. The Labute approximate surface area is 274 Å². The minimum atomic E-state index is -0.421. The number of ether oxygens (including phenoxy) is 6. The number of benzene rings is 4. The van der Waals surface area contributed by atoms with E-state index in [4.69, 9.17) is 28.4 Å². The first-order valence-corrected chi connectivity index (χ1v) is 15.4. The molecule has 4 aromatic rings. The Morgan fingerprint density at radius 1 is 0.809 bits per heavy atom. The van der Waals surface area contributed by atoms with Crippen molar-refractivity contribution in [1.82, 2.24) is 10.2 Å². The molecule has 10 heteroatoms. The molecule has 0 spiro atoms. The molecule has 1 N–H and O–H groups in total. The van der Waals surface area contributed by atoms with Gasteiger partial charge in [0.2, 0.25) is 5.75 Å². The molecule has 1 atom stereocenters. The van der Waals surface area contributed by atoms with E-state index in [0.717, 1.165) is 41.6 Å². The summed E-state index contributed by atoms with van der Waals surface area (Å²) < 4.78 is 34.9. The van der Waals surface area contributed by atoms with Crippen molar-refractivity contribution in [3.63, 3.8) is 0 Å². The molecule has 4 aromatic carbocycles. The molecule has 0 bridgehead atoms. The van der Waals surface area contributed by atoms with Gasteiger partial charge in [0.05, 0.1) is 34.0 Å². The van der Waals surface area contributed by atoms with Crippen LogP contribution in [0.4, 0.5) is 0 Å². The third-order valence-corrected chi connectivity index (χ3v) is 8.63. The lowest BCUT2D eigenvalue weighted by atomic mass is 9.88. The van der Waals surface area contributed by atoms with Crippen LogP contribution in [-0.2, 0) is 24.0 Å². The summed E-state index contributed by atoms with van der Waals surface area (Å²) in [6.45, 7) is 1.42. The van der Waals surface area contributed by atoms with Crippen molar-refractivity contribution in [2.24, 2.45) is 0 Å². The Bertz CT molecular complexity index is 1800. The largest absolute Gasteiger partial charge is 0.493 e. The van der Waals surface area contributed by atoms with E-state index in [-0.39, 0.29) is 11.9 Å². The summed E-state index contributed by atoms with van der Waals surface area (Å²) in [6.07, 6.45) is 2.16. The van der Waals surface area contributed by atoms with Gasteiger partial charge in [-0.15, -0.1) is 0 Å². The van der Waals surface area contributed by atoms with Crippen LogP contribution >= 0.6 is 0 Å². The van der Waals surface area contributed by atoms with Crippen LogP contribution in [0, 0.1) is 0 Å². The van der Waals surface area contributed by atoms with E-state index in [9.17, 15) is 9.59 Å². The highest BCUT2D eigenvalue weighted by Gasteiger charge is 2.32. The minimum Gasteiger partial charge on any atom is -0.493 e. The molecule has 10 nitrogen and oxygen atoms in total. The lowest BCUT2D eigenvalue weighted by Gasteiger charge is -2.31. The maximum absolute atomic E-state index is 13.1. The zero-order chi connectivity index (χ0) is 33.1. The van der Waals surface area contributed by atoms with Gasteiger partial charge in [-0.1, -0.05) is 18.2 Å². The number of rotatable bonds is 10. The van der Waals surface area contributed by atoms with Crippen LogP contribution in [0.25, 0.3) is 0 Å². The second kappa shape index (κ2) is 13.6. The van der Waals surface area contributed by atoms with Crippen molar-refractivity contribution in [2.45, 2.75) is 25.3 Å². The van der Waals surface area contributed by atoms with Gasteiger partial charge >= 0.3 is 5.97 Å². The van der Waals surface area contributed by atoms with Gasteiger partial charge in [0.1, 0.15) is 11.5 Å². The van der Waals surface area contributed by atoms with Crippen molar-refractivity contribution >= 4 is 11.9 Å². The van der Waals surface area contributed by atoms with Crippen LogP contribution in [0.5, 0.6) is 40.2 Å². The zero-order valence-electron chi connectivity index (χ0n) is 27.2. The molecule has 2 aliphatic heterocycles. The number of amides is 1. The number of carbonyl (C=O) groups excluding carboxylic acids is 2. The minimum absolute atomic E-state index is 0.0541. The van der Waals surface area contributed by atoms with Crippen molar-refractivity contribution in [2.75, 3.05) is 48.6 Å². The van der Waals surface area contributed by atoms with Gasteiger partial charge < -0.3 is 38.6 Å².